The van der Waals surface area contributed by atoms with E-state index in [4.69, 9.17) is 0 Å². The van der Waals surface area contributed by atoms with E-state index in [1.807, 2.05) is 0 Å². The average Bonchev–Trinajstić information content (AvgIpc) is 2.44. The molecule has 0 spiro atoms. The number of unbranched alkanes of at least 4 members (excludes halogenated alkanes) is 7. The van der Waals surface area contributed by atoms with E-state index in [1.165, 1.54) is 38.5 Å². The molecule has 0 aromatic carbocycles. The first-order valence-electron chi connectivity index (χ1n) is 9.06. The van der Waals surface area contributed by atoms with Gasteiger partial charge in [-0.3, -0.25) is 0 Å². The SMILES string of the molecule is CCCCCCCC(O)CCCCCC(O)CCCC. The molecule has 0 saturated carbocycles. The van der Waals surface area contributed by atoms with Gasteiger partial charge in [-0.25, -0.2) is 0 Å². The number of rotatable bonds is 15. The molecule has 0 rings (SSSR count). The fourth-order valence-corrected chi connectivity index (χ4v) is 2.65. The van der Waals surface area contributed by atoms with Crippen molar-refractivity contribution in [2.45, 2.75) is 116 Å². The predicted octanol–water partition coefficient (Wildman–Crippen LogP) is 5.21. The largest absolute Gasteiger partial charge is 0.393 e. The summed E-state index contributed by atoms with van der Waals surface area (Å²) < 4.78 is 0. The highest BCUT2D eigenvalue weighted by molar-refractivity contribution is 4.59. The molecule has 0 aliphatic carbocycles. The normalized spacial score (nSPS) is 14.4. The quantitative estimate of drug-likeness (QED) is 0.406. The minimum Gasteiger partial charge on any atom is -0.393 e. The van der Waals surface area contributed by atoms with Crippen LogP contribution in [0.25, 0.3) is 0 Å². The van der Waals surface area contributed by atoms with Crippen LogP contribution < -0.4 is 0 Å². The molecule has 0 radical (unpaired) electrons. The van der Waals surface area contributed by atoms with E-state index >= 15 is 0 Å². The van der Waals surface area contributed by atoms with Crippen LogP contribution in [0.2, 0.25) is 0 Å². The van der Waals surface area contributed by atoms with Crippen LogP contribution in [0.5, 0.6) is 0 Å². The van der Waals surface area contributed by atoms with Gasteiger partial charge in [0.1, 0.15) is 0 Å². The van der Waals surface area contributed by atoms with Gasteiger partial charge in [-0.15, -0.1) is 0 Å². The summed E-state index contributed by atoms with van der Waals surface area (Å²) in [7, 11) is 0. The topological polar surface area (TPSA) is 40.5 Å². The van der Waals surface area contributed by atoms with Crippen molar-refractivity contribution in [1.82, 2.24) is 0 Å². The Bertz CT molecular complexity index is 182. The van der Waals surface area contributed by atoms with Gasteiger partial charge in [0.25, 0.3) is 0 Å². The van der Waals surface area contributed by atoms with Crippen molar-refractivity contribution in [1.29, 1.82) is 0 Å². The van der Waals surface area contributed by atoms with Gasteiger partial charge in [-0.05, 0) is 25.7 Å². The summed E-state index contributed by atoms with van der Waals surface area (Å²) in [6.45, 7) is 4.39. The lowest BCUT2D eigenvalue weighted by Crippen LogP contribution is -2.07. The first-order chi connectivity index (χ1) is 9.70. The molecule has 0 fully saturated rings. The maximum atomic E-state index is 9.88. The molecule has 0 aromatic rings. The van der Waals surface area contributed by atoms with Gasteiger partial charge in [0, 0.05) is 0 Å². The molecule has 2 atom stereocenters. The van der Waals surface area contributed by atoms with Crippen LogP contribution in [0, 0.1) is 0 Å². The van der Waals surface area contributed by atoms with Crippen LogP contribution >= 0.6 is 0 Å². The molecule has 0 aliphatic heterocycles. The van der Waals surface area contributed by atoms with Gasteiger partial charge < -0.3 is 10.2 Å². The van der Waals surface area contributed by atoms with E-state index in [0.717, 1.165) is 51.4 Å². The Morgan fingerprint density at radius 1 is 0.500 bits per heavy atom. The fourth-order valence-electron chi connectivity index (χ4n) is 2.65. The van der Waals surface area contributed by atoms with E-state index in [2.05, 4.69) is 13.8 Å². The molecule has 0 heterocycles. The predicted molar refractivity (Wildman–Crippen MR) is 88.0 cm³/mol. The summed E-state index contributed by atoms with van der Waals surface area (Å²) in [5.41, 5.74) is 0. The standard InChI is InChI=1S/C18H38O2/c1-3-5-7-8-10-14-18(20)16-12-9-11-15-17(19)13-6-4-2/h17-20H,3-16H2,1-2H3. The van der Waals surface area contributed by atoms with E-state index in [-0.39, 0.29) is 12.2 Å². The Hall–Kier alpha value is -0.0800. The number of hydrogen-bond donors (Lipinski definition) is 2. The second-order valence-corrected chi connectivity index (χ2v) is 6.29. The smallest absolute Gasteiger partial charge is 0.0540 e. The first kappa shape index (κ1) is 19.9. The summed E-state index contributed by atoms with van der Waals surface area (Å²) in [5, 5.41) is 19.6. The van der Waals surface area contributed by atoms with Crippen molar-refractivity contribution in [2.75, 3.05) is 0 Å². The molecule has 122 valence electrons. The first-order valence-corrected chi connectivity index (χ1v) is 9.06. The summed E-state index contributed by atoms with van der Waals surface area (Å²) in [4.78, 5) is 0. The third-order valence-electron chi connectivity index (χ3n) is 4.11. The molecule has 0 aromatic heterocycles. The van der Waals surface area contributed by atoms with E-state index in [1.54, 1.807) is 0 Å². The van der Waals surface area contributed by atoms with Crippen molar-refractivity contribution in [2.24, 2.45) is 0 Å². The van der Waals surface area contributed by atoms with E-state index in [9.17, 15) is 10.2 Å². The second kappa shape index (κ2) is 15.3. The molecule has 2 unspecified atom stereocenters. The lowest BCUT2D eigenvalue weighted by atomic mass is 10.0. The molecule has 0 aliphatic rings. The van der Waals surface area contributed by atoms with E-state index < -0.39 is 0 Å². The average molecular weight is 286 g/mol. The molecule has 0 saturated heterocycles. The summed E-state index contributed by atoms with van der Waals surface area (Å²) in [5.74, 6) is 0. The van der Waals surface area contributed by atoms with Gasteiger partial charge in [0.15, 0.2) is 0 Å². The van der Waals surface area contributed by atoms with Crippen LogP contribution in [-0.2, 0) is 0 Å². The van der Waals surface area contributed by atoms with Gasteiger partial charge >= 0.3 is 0 Å². The summed E-state index contributed by atoms with van der Waals surface area (Å²) >= 11 is 0. The zero-order valence-corrected chi connectivity index (χ0v) is 13.9. The maximum Gasteiger partial charge on any atom is 0.0540 e. The highest BCUT2D eigenvalue weighted by Gasteiger charge is 2.05. The van der Waals surface area contributed by atoms with Crippen LogP contribution in [-0.4, -0.2) is 22.4 Å². The van der Waals surface area contributed by atoms with Crippen LogP contribution in [0.4, 0.5) is 0 Å². The molecule has 0 amide bonds. The highest BCUT2D eigenvalue weighted by atomic mass is 16.3. The Kier molecular flexibility index (Phi) is 15.3. The van der Waals surface area contributed by atoms with Gasteiger partial charge in [-0.2, -0.15) is 0 Å². The molecule has 2 nitrogen and oxygen atoms in total. The highest BCUT2D eigenvalue weighted by Crippen LogP contribution is 2.14. The van der Waals surface area contributed by atoms with Crippen molar-refractivity contribution in [3.05, 3.63) is 0 Å². The Morgan fingerprint density at radius 2 is 0.850 bits per heavy atom. The lowest BCUT2D eigenvalue weighted by Gasteiger charge is -2.11. The molecule has 2 heteroatoms. The van der Waals surface area contributed by atoms with Gasteiger partial charge in [0.05, 0.1) is 12.2 Å². The van der Waals surface area contributed by atoms with Gasteiger partial charge in [-0.1, -0.05) is 78.1 Å². The van der Waals surface area contributed by atoms with E-state index in [0.29, 0.717) is 0 Å². The summed E-state index contributed by atoms with van der Waals surface area (Å²) in [6, 6.07) is 0. The second-order valence-electron chi connectivity index (χ2n) is 6.29. The minimum atomic E-state index is -0.0987. The molecular formula is C18H38O2. The van der Waals surface area contributed by atoms with Crippen LogP contribution in [0.15, 0.2) is 0 Å². The molecule has 2 N–H and O–H groups in total. The molecular weight excluding hydrogens is 248 g/mol. The third kappa shape index (κ3) is 14.3. The van der Waals surface area contributed by atoms with Crippen molar-refractivity contribution >= 4 is 0 Å². The zero-order chi connectivity index (χ0) is 15.1. The molecule has 0 bridgehead atoms. The van der Waals surface area contributed by atoms with Crippen molar-refractivity contribution in [3.63, 3.8) is 0 Å². The third-order valence-corrected chi connectivity index (χ3v) is 4.11. The van der Waals surface area contributed by atoms with Crippen molar-refractivity contribution < 1.29 is 10.2 Å². The fraction of sp³-hybridized carbons (Fsp3) is 1.00. The monoisotopic (exact) mass is 286 g/mol. The van der Waals surface area contributed by atoms with Gasteiger partial charge in [0.2, 0.25) is 0 Å². The summed E-state index contributed by atoms with van der Waals surface area (Å²) in [6.07, 6.45) is 15.7. The lowest BCUT2D eigenvalue weighted by molar-refractivity contribution is 0.139. The van der Waals surface area contributed by atoms with Crippen LogP contribution in [0.1, 0.15) is 104 Å². The molecule has 20 heavy (non-hydrogen) atoms. The Labute approximate surface area is 127 Å². The number of aliphatic hydroxyl groups excluding tert-OH is 2. The zero-order valence-electron chi connectivity index (χ0n) is 13.9. The van der Waals surface area contributed by atoms with Crippen LogP contribution in [0.3, 0.4) is 0 Å². The van der Waals surface area contributed by atoms with Crippen molar-refractivity contribution in [3.8, 4) is 0 Å². The Morgan fingerprint density at radius 3 is 1.30 bits per heavy atom. The Balaban J connectivity index is 3.24. The number of hydrogen-bond acceptors (Lipinski definition) is 2. The minimum absolute atomic E-state index is 0.0957. The maximum absolute atomic E-state index is 9.88. The number of aliphatic hydroxyl groups is 2.